The molecule has 1 fully saturated rings. The molecule has 2 aromatic rings. The van der Waals surface area contributed by atoms with Crippen LogP contribution in [0.1, 0.15) is 37.4 Å². The lowest BCUT2D eigenvalue weighted by Crippen LogP contribution is -2.45. The molecule has 1 atom stereocenters. The number of halogens is 3. The van der Waals surface area contributed by atoms with Gasteiger partial charge in [-0.15, -0.1) is 0 Å². The molecule has 1 N–H and O–H groups in total. The number of amides is 3. The first-order valence-corrected chi connectivity index (χ1v) is 9.35. The van der Waals surface area contributed by atoms with E-state index in [0.29, 0.717) is 48.7 Å². The molecule has 29 heavy (non-hydrogen) atoms. The zero-order valence-corrected chi connectivity index (χ0v) is 15.7. The Kier molecular flexibility index (Phi) is 4.93. The summed E-state index contributed by atoms with van der Waals surface area (Å²) in [7, 11) is 0. The van der Waals surface area contributed by atoms with Crippen molar-refractivity contribution >= 4 is 23.5 Å². The lowest BCUT2D eigenvalue weighted by molar-refractivity contribution is -0.119. The summed E-state index contributed by atoms with van der Waals surface area (Å²) in [5.74, 6) is -4.09. The molecule has 7 nitrogen and oxygen atoms in total. The van der Waals surface area contributed by atoms with E-state index in [1.54, 1.807) is 11.8 Å². The molecule has 1 aromatic carbocycles. The van der Waals surface area contributed by atoms with Crippen LogP contribution in [0.3, 0.4) is 0 Å². The molecule has 2 aliphatic rings. The van der Waals surface area contributed by atoms with Crippen LogP contribution in [0.4, 0.5) is 29.5 Å². The second-order valence-corrected chi connectivity index (χ2v) is 7.28. The van der Waals surface area contributed by atoms with E-state index >= 15 is 0 Å². The molecular weight excluding hydrogens is 389 g/mol. The van der Waals surface area contributed by atoms with Crippen LogP contribution in [0.5, 0.6) is 0 Å². The zero-order chi connectivity index (χ0) is 20.7. The van der Waals surface area contributed by atoms with Crippen molar-refractivity contribution in [3.8, 4) is 0 Å². The predicted octanol–water partition coefficient (Wildman–Crippen LogP) is 3.59. The van der Waals surface area contributed by atoms with Crippen LogP contribution in [-0.4, -0.2) is 34.6 Å². The first kappa shape index (κ1) is 19.3. The lowest BCUT2D eigenvalue weighted by Gasteiger charge is -2.33. The van der Waals surface area contributed by atoms with Gasteiger partial charge in [-0.2, -0.15) is 0 Å². The van der Waals surface area contributed by atoms with Crippen LogP contribution in [-0.2, 0) is 17.8 Å². The monoisotopic (exact) mass is 408 g/mol. The summed E-state index contributed by atoms with van der Waals surface area (Å²) >= 11 is 0. The number of rotatable bonds is 2. The highest BCUT2D eigenvalue weighted by Gasteiger charge is 2.35. The van der Waals surface area contributed by atoms with E-state index in [9.17, 15) is 22.8 Å². The van der Waals surface area contributed by atoms with E-state index in [1.165, 1.54) is 4.90 Å². The number of fused-ring (bicyclic) bond motifs is 1. The van der Waals surface area contributed by atoms with Gasteiger partial charge in [-0.25, -0.2) is 18.0 Å². The average Bonchev–Trinajstić information content (AvgIpc) is 3.08. The smallest absolute Gasteiger partial charge is 0.322 e. The number of carbonyl (C=O) groups excluding carboxylic acids is 2. The van der Waals surface area contributed by atoms with E-state index in [4.69, 9.17) is 4.52 Å². The zero-order valence-electron chi connectivity index (χ0n) is 15.7. The molecule has 0 radical (unpaired) electrons. The third-order valence-electron chi connectivity index (χ3n) is 5.26. The highest BCUT2D eigenvalue weighted by atomic mass is 19.2. The van der Waals surface area contributed by atoms with Crippen molar-refractivity contribution in [2.24, 2.45) is 0 Å². The van der Waals surface area contributed by atoms with Gasteiger partial charge in [0.2, 0.25) is 11.8 Å². The Hall–Kier alpha value is -3.04. The highest BCUT2D eigenvalue weighted by Crippen LogP contribution is 2.33. The fraction of sp³-hybridized carbons (Fsp3) is 0.421. The first-order valence-electron chi connectivity index (χ1n) is 9.35. The number of aromatic nitrogens is 1. The third kappa shape index (κ3) is 3.54. The van der Waals surface area contributed by atoms with Gasteiger partial charge in [0, 0.05) is 43.2 Å². The molecule has 4 rings (SSSR count). The molecule has 0 bridgehead atoms. The standard InChI is InChI=1S/C19H19F3N4O3/c1-10-6-15-12(18(29-24-15)25-5-3-2-4-16(25)27)9-26(10)19(28)23-11-7-13(20)17(22)14(21)8-11/h7-8,10H,2-6,9H2,1H3,(H,23,28)/t10-/m0/s1. The van der Waals surface area contributed by atoms with E-state index in [0.717, 1.165) is 12.8 Å². The van der Waals surface area contributed by atoms with Crippen LogP contribution in [0.2, 0.25) is 0 Å². The average molecular weight is 408 g/mol. The SMILES string of the molecule is C[C@H]1Cc2noc(N3CCCCC3=O)c2CN1C(=O)Nc1cc(F)c(F)c(F)c1. The number of hydrogen-bond acceptors (Lipinski definition) is 4. The van der Waals surface area contributed by atoms with Crippen molar-refractivity contribution < 1.29 is 27.3 Å². The number of urea groups is 1. The van der Waals surface area contributed by atoms with Crippen LogP contribution in [0.15, 0.2) is 16.7 Å². The van der Waals surface area contributed by atoms with Crippen LogP contribution >= 0.6 is 0 Å². The van der Waals surface area contributed by atoms with Crippen LogP contribution in [0, 0.1) is 17.5 Å². The maximum atomic E-state index is 13.4. The van der Waals surface area contributed by atoms with Crippen molar-refractivity contribution in [3.63, 3.8) is 0 Å². The number of benzene rings is 1. The molecule has 0 spiro atoms. The minimum atomic E-state index is -1.60. The molecule has 0 saturated carbocycles. The topological polar surface area (TPSA) is 78.7 Å². The second kappa shape index (κ2) is 7.41. The van der Waals surface area contributed by atoms with Gasteiger partial charge in [0.15, 0.2) is 17.5 Å². The van der Waals surface area contributed by atoms with Gasteiger partial charge < -0.3 is 14.7 Å². The largest absolute Gasteiger partial charge is 0.338 e. The van der Waals surface area contributed by atoms with Crippen molar-refractivity contribution in [2.45, 2.75) is 45.2 Å². The maximum absolute atomic E-state index is 13.4. The molecule has 2 aliphatic heterocycles. The van der Waals surface area contributed by atoms with E-state index in [2.05, 4.69) is 10.5 Å². The minimum Gasteiger partial charge on any atom is -0.338 e. The van der Waals surface area contributed by atoms with Gasteiger partial charge in [0.25, 0.3) is 0 Å². The Morgan fingerprint density at radius 3 is 2.66 bits per heavy atom. The van der Waals surface area contributed by atoms with E-state index in [1.807, 2.05) is 0 Å². The second-order valence-electron chi connectivity index (χ2n) is 7.28. The fourth-order valence-corrected chi connectivity index (χ4v) is 3.70. The minimum absolute atomic E-state index is 0.0536. The van der Waals surface area contributed by atoms with E-state index in [-0.39, 0.29) is 24.2 Å². The molecule has 1 aromatic heterocycles. The van der Waals surface area contributed by atoms with Crippen LogP contribution < -0.4 is 10.2 Å². The molecule has 154 valence electrons. The molecule has 3 heterocycles. The molecule has 1 saturated heterocycles. The quantitative estimate of drug-likeness (QED) is 0.771. The van der Waals surface area contributed by atoms with Crippen molar-refractivity contribution in [1.29, 1.82) is 0 Å². The summed E-state index contributed by atoms with van der Waals surface area (Å²) in [5.41, 5.74) is 1.12. The van der Waals surface area contributed by atoms with Crippen LogP contribution in [0.25, 0.3) is 0 Å². The summed E-state index contributed by atoms with van der Waals surface area (Å²) in [5, 5.41) is 6.45. The number of nitrogens with zero attached hydrogens (tertiary/aromatic N) is 3. The van der Waals surface area contributed by atoms with Crippen molar-refractivity contribution in [3.05, 3.63) is 40.8 Å². The Morgan fingerprint density at radius 2 is 1.97 bits per heavy atom. The summed E-state index contributed by atoms with van der Waals surface area (Å²) in [6, 6.07) is 0.555. The van der Waals surface area contributed by atoms with Gasteiger partial charge in [-0.3, -0.25) is 9.69 Å². The number of carbonyl (C=O) groups is 2. The van der Waals surface area contributed by atoms with Gasteiger partial charge in [0.05, 0.1) is 17.8 Å². The van der Waals surface area contributed by atoms with Crippen molar-refractivity contribution in [2.75, 3.05) is 16.8 Å². The lowest BCUT2D eigenvalue weighted by atomic mass is 10.0. The summed E-state index contributed by atoms with van der Waals surface area (Å²) < 4.78 is 45.4. The molecule has 0 aliphatic carbocycles. The molecule has 3 amide bonds. The van der Waals surface area contributed by atoms with Gasteiger partial charge >= 0.3 is 6.03 Å². The Labute approximate surface area is 164 Å². The number of hydrogen-bond donors (Lipinski definition) is 1. The molecule has 0 unspecified atom stereocenters. The normalized spacial score (nSPS) is 19.3. The van der Waals surface area contributed by atoms with Gasteiger partial charge in [0.1, 0.15) is 0 Å². The molecule has 10 heteroatoms. The number of piperidine rings is 1. The Morgan fingerprint density at radius 1 is 1.24 bits per heavy atom. The Balaban J connectivity index is 1.56. The van der Waals surface area contributed by atoms with Gasteiger partial charge in [-0.05, 0) is 19.8 Å². The summed E-state index contributed by atoms with van der Waals surface area (Å²) in [6.07, 6.45) is 2.50. The number of nitrogens with one attached hydrogen (secondary N) is 1. The Bertz CT molecular complexity index is 955. The van der Waals surface area contributed by atoms with Crippen molar-refractivity contribution in [1.82, 2.24) is 10.1 Å². The highest BCUT2D eigenvalue weighted by molar-refractivity contribution is 5.94. The maximum Gasteiger partial charge on any atom is 0.322 e. The summed E-state index contributed by atoms with van der Waals surface area (Å²) in [4.78, 5) is 28.0. The first-order chi connectivity index (χ1) is 13.8. The number of anilines is 2. The third-order valence-corrected chi connectivity index (χ3v) is 5.26. The fourth-order valence-electron chi connectivity index (χ4n) is 3.70. The predicted molar refractivity (Wildman–Crippen MR) is 96.8 cm³/mol. The summed E-state index contributed by atoms with van der Waals surface area (Å²) in [6.45, 7) is 2.45. The molecular formula is C19H19F3N4O3. The van der Waals surface area contributed by atoms with Gasteiger partial charge in [-0.1, -0.05) is 5.16 Å². The van der Waals surface area contributed by atoms with E-state index < -0.39 is 23.5 Å².